The monoisotopic (exact) mass is 510 g/mol. The third-order valence-electron chi connectivity index (χ3n) is 5.71. The summed E-state index contributed by atoms with van der Waals surface area (Å²) in [5, 5.41) is 9.63. The molecular formula is C25H25F3N8O. The molecule has 192 valence electrons. The van der Waals surface area contributed by atoms with Crippen molar-refractivity contribution in [3.8, 4) is 23.6 Å². The zero-order valence-corrected chi connectivity index (χ0v) is 20.2. The van der Waals surface area contributed by atoms with Crippen LogP contribution in [-0.2, 0) is 19.1 Å². The number of aromatic nitrogens is 5. The number of nitrogens with zero attached hydrogens (tertiary/aromatic N) is 5. The number of nitrogens with one attached hydrogen (secondary N) is 2. The zero-order chi connectivity index (χ0) is 26.7. The SMILES string of the molecule is C#CCn1cc(-c2cnc3c(Nc4ccc(C(=O)N[C@H](C)CN)c(CC)c4)nccn23)c(C(F)(F)F)n1. The summed E-state index contributed by atoms with van der Waals surface area (Å²) in [6.07, 6.45) is 6.73. The summed E-state index contributed by atoms with van der Waals surface area (Å²) >= 11 is 0. The Kier molecular flexibility index (Phi) is 7.17. The molecule has 0 radical (unpaired) electrons. The Morgan fingerprint density at radius 2 is 2.08 bits per heavy atom. The van der Waals surface area contributed by atoms with E-state index in [2.05, 4.69) is 31.6 Å². The molecule has 0 fully saturated rings. The average molecular weight is 511 g/mol. The largest absolute Gasteiger partial charge is 0.435 e. The molecule has 4 N–H and O–H groups in total. The summed E-state index contributed by atoms with van der Waals surface area (Å²) in [7, 11) is 0. The number of halogens is 3. The first-order valence-electron chi connectivity index (χ1n) is 11.5. The molecule has 4 rings (SSSR count). The highest BCUT2D eigenvalue weighted by Gasteiger charge is 2.38. The third-order valence-corrected chi connectivity index (χ3v) is 5.71. The molecule has 1 amide bonds. The minimum absolute atomic E-state index is 0.104. The number of aryl methyl sites for hydroxylation is 1. The molecular weight excluding hydrogens is 485 g/mol. The highest BCUT2D eigenvalue weighted by molar-refractivity contribution is 5.96. The number of hydrogen-bond donors (Lipinski definition) is 3. The van der Waals surface area contributed by atoms with Crippen LogP contribution < -0.4 is 16.4 Å². The van der Waals surface area contributed by atoms with E-state index in [-0.39, 0.29) is 29.8 Å². The molecule has 0 saturated heterocycles. The van der Waals surface area contributed by atoms with Gasteiger partial charge in [-0.05, 0) is 37.1 Å². The lowest BCUT2D eigenvalue weighted by Crippen LogP contribution is -2.38. The maximum absolute atomic E-state index is 13.7. The van der Waals surface area contributed by atoms with Crippen molar-refractivity contribution >= 4 is 23.1 Å². The first kappa shape index (κ1) is 25.7. The van der Waals surface area contributed by atoms with Crippen LogP contribution in [-0.4, -0.2) is 42.6 Å². The number of nitrogens with two attached hydrogens (primary N) is 1. The molecule has 0 unspecified atom stereocenters. The molecule has 1 atom stereocenters. The second-order valence-electron chi connectivity index (χ2n) is 8.36. The van der Waals surface area contributed by atoms with Gasteiger partial charge >= 0.3 is 6.18 Å². The number of hydrogen-bond acceptors (Lipinski definition) is 6. The van der Waals surface area contributed by atoms with E-state index in [4.69, 9.17) is 12.2 Å². The van der Waals surface area contributed by atoms with Gasteiger partial charge in [-0.2, -0.15) is 18.3 Å². The Morgan fingerprint density at radius 1 is 1.30 bits per heavy atom. The summed E-state index contributed by atoms with van der Waals surface area (Å²) in [6, 6.07) is 5.08. The molecule has 0 aliphatic carbocycles. The van der Waals surface area contributed by atoms with Gasteiger partial charge in [0, 0.05) is 42.4 Å². The average Bonchev–Trinajstić information content (AvgIpc) is 3.49. The topological polar surface area (TPSA) is 115 Å². The highest BCUT2D eigenvalue weighted by atomic mass is 19.4. The lowest BCUT2D eigenvalue weighted by molar-refractivity contribution is -0.141. The van der Waals surface area contributed by atoms with E-state index in [0.29, 0.717) is 35.7 Å². The maximum atomic E-state index is 13.7. The number of carbonyl (C=O) groups excluding carboxylic acids is 1. The van der Waals surface area contributed by atoms with Gasteiger partial charge in [0.15, 0.2) is 17.2 Å². The van der Waals surface area contributed by atoms with Gasteiger partial charge in [-0.3, -0.25) is 13.9 Å². The van der Waals surface area contributed by atoms with E-state index in [1.54, 1.807) is 12.1 Å². The van der Waals surface area contributed by atoms with Crippen molar-refractivity contribution in [3.05, 3.63) is 59.8 Å². The van der Waals surface area contributed by atoms with Gasteiger partial charge in [0.2, 0.25) is 0 Å². The van der Waals surface area contributed by atoms with E-state index in [0.717, 1.165) is 10.2 Å². The molecule has 9 nitrogen and oxygen atoms in total. The number of imidazole rings is 1. The van der Waals surface area contributed by atoms with Gasteiger partial charge in [0.25, 0.3) is 5.91 Å². The summed E-state index contributed by atoms with van der Waals surface area (Å²) in [6.45, 7) is 3.97. The Balaban J connectivity index is 1.70. The van der Waals surface area contributed by atoms with E-state index in [1.807, 2.05) is 19.9 Å². The van der Waals surface area contributed by atoms with Gasteiger partial charge < -0.3 is 16.4 Å². The zero-order valence-electron chi connectivity index (χ0n) is 20.2. The Bertz CT molecular complexity index is 1480. The molecule has 0 aliphatic heterocycles. The van der Waals surface area contributed by atoms with Crippen molar-refractivity contribution in [3.63, 3.8) is 0 Å². The number of carbonyl (C=O) groups is 1. The minimum Gasteiger partial charge on any atom is -0.348 e. The van der Waals surface area contributed by atoms with E-state index in [9.17, 15) is 18.0 Å². The van der Waals surface area contributed by atoms with E-state index >= 15 is 0 Å². The fraction of sp³-hybridized carbons (Fsp3) is 0.280. The third kappa shape index (κ3) is 5.26. The second kappa shape index (κ2) is 10.3. The molecule has 3 aromatic heterocycles. The Morgan fingerprint density at radius 3 is 2.76 bits per heavy atom. The molecule has 12 heteroatoms. The summed E-state index contributed by atoms with van der Waals surface area (Å²) in [5.41, 5.74) is 6.87. The van der Waals surface area contributed by atoms with E-state index in [1.165, 1.54) is 29.2 Å². The number of amides is 1. The number of benzene rings is 1. The quantitative estimate of drug-likeness (QED) is 0.312. The first-order chi connectivity index (χ1) is 17.7. The van der Waals surface area contributed by atoms with Gasteiger partial charge in [0.1, 0.15) is 6.54 Å². The summed E-state index contributed by atoms with van der Waals surface area (Å²) < 4.78 is 43.6. The van der Waals surface area contributed by atoms with Crippen LogP contribution in [0.15, 0.2) is 43.0 Å². The summed E-state index contributed by atoms with van der Waals surface area (Å²) in [5.74, 6) is 2.40. The van der Waals surface area contributed by atoms with Crippen molar-refractivity contribution in [1.82, 2.24) is 29.5 Å². The smallest absolute Gasteiger partial charge is 0.348 e. The molecule has 3 heterocycles. The van der Waals surface area contributed by atoms with E-state index < -0.39 is 11.9 Å². The van der Waals surface area contributed by atoms with Gasteiger partial charge in [0.05, 0.1) is 17.5 Å². The Labute approximate surface area is 210 Å². The van der Waals surface area contributed by atoms with Crippen LogP contribution in [0.3, 0.4) is 0 Å². The fourth-order valence-electron chi connectivity index (χ4n) is 3.88. The van der Waals surface area contributed by atoms with Crippen molar-refractivity contribution < 1.29 is 18.0 Å². The highest BCUT2D eigenvalue weighted by Crippen LogP contribution is 2.37. The molecule has 0 spiro atoms. The van der Waals surface area contributed by atoms with Crippen molar-refractivity contribution in [2.75, 3.05) is 11.9 Å². The first-order valence-corrected chi connectivity index (χ1v) is 11.5. The van der Waals surface area contributed by atoms with Crippen LogP contribution in [0.25, 0.3) is 16.9 Å². The van der Waals surface area contributed by atoms with Crippen LogP contribution in [0.2, 0.25) is 0 Å². The van der Waals surface area contributed by atoms with Crippen LogP contribution in [0, 0.1) is 12.3 Å². The molecule has 4 aromatic rings. The number of alkyl halides is 3. The van der Waals surface area contributed by atoms with Crippen molar-refractivity contribution in [2.24, 2.45) is 5.73 Å². The lowest BCUT2D eigenvalue weighted by atomic mass is 10.0. The van der Waals surface area contributed by atoms with Gasteiger partial charge in [-0.1, -0.05) is 12.8 Å². The van der Waals surface area contributed by atoms with Crippen molar-refractivity contribution in [2.45, 2.75) is 39.0 Å². The number of anilines is 2. The molecule has 37 heavy (non-hydrogen) atoms. The maximum Gasteiger partial charge on any atom is 0.435 e. The van der Waals surface area contributed by atoms with Crippen LogP contribution >= 0.6 is 0 Å². The number of fused-ring (bicyclic) bond motifs is 1. The van der Waals surface area contributed by atoms with Gasteiger partial charge in [-0.25, -0.2) is 9.97 Å². The Hall–Kier alpha value is -4.37. The predicted octanol–water partition coefficient (Wildman–Crippen LogP) is 3.63. The molecule has 1 aromatic carbocycles. The van der Waals surface area contributed by atoms with Crippen LogP contribution in [0.4, 0.5) is 24.7 Å². The van der Waals surface area contributed by atoms with Crippen molar-refractivity contribution in [1.29, 1.82) is 0 Å². The molecule has 0 saturated carbocycles. The standard InChI is InChI=1S/C25H25F3N8O/c1-4-9-35-14-19(21(34-35)25(26,27)28)20-13-31-23-22(30-8-10-36(20)23)33-17-6-7-18(16(5-2)11-17)24(37)32-15(3)12-29/h1,6-8,10-11,13-15H,5,9,12,29H2,2-3H3,(H,30,33)(H,32,37)/t15-/m1/s1. The fourth-order valence-corrected chi connectivity index (χ4v) is 3.88. The number of terminal acetylenes is 1. The van der Waals surface area contributed by atoms with Gasteiger partial charge in [-0.15, -0.1) is 6.42 Å². The van der Waals surface area contributed by atoms with Crippen LogP contribution in [0.5, 0.6) is 0 Å². The molecule has 0 bridgehead atoms. The van der Waals surface area contributed by atoms with Crippen LogP contribution in [0.1, 0.15) is 35.5 Å². The predicted molar refractivity (Wildman–Crippen MR) is 133 cm³/mol. The lowest BCUT2D eigenvalue weighted by Gasteiger charge is -2.15. The minimum atomic E-state index is -4.68. The second-order valence-corrected chi connectivity index (χ2v) is 8.36. The molecule has 0 aliphatic rings. The summed E-state index contributed by atoms with van der Waals surface area (Å²) in [4.78, 5) is 21.2. The number of rotatable bonds is 8. The normalized spacial score (nSPS) is 12.4.